The summed E-state index contributed by atoms with van der Waals surface area (Å²) in [5.41, 5.74) is 1.86. The molecule has 1 amide bonds. The number of benzene rings is 3. The van der Waals surface area contributed by atoms with E-state index >= 15 is 0 Å². The van der Waals surface area contributed by atoms with Crippen molar-refractivity contribution < 1.29 is 9.18 Å². The maximum atomic E-state index is 13.9. The quantitative estimate of drug-likeness (QED) is 0.406. The molecule has 3 aromatic carbocycles. The molecule has 0 unspecified atom stereocenters. The van der Waals surface area contributed by atoms with Gasteiger partial charge in [-0.1, -0.05) is 71.9 Å². The molecular formula is C22H16ClFN4OS. The molecule has 1 heterocycles. The van der Waals surface area contributed by atoms with Gasteiger partial charge in [-0.2, -0.15) is 0 Å². The third kappa shape index (κ3) is 4.69. The van der Waals surface area contributed by atoms with Gasteiger partial charge >= 0.3 is 0 Å². The second-order valence-corrected chi connectivity index (χ2v) is 7.67. The zero-order valence-electron chi connectivity index (χ0n) is 15.6. The number of rotatable bonds is 6. The van der Waals surface area contributed by atoms with Crippen LogP contribution in [-0.4, -0.2) is 26.4 Å². The first-order chi connectivity index (χ1) is 14.6. The molecule has 0 aliphatic heterocycles. The van der Waals surface area contributed by atoms with E-state index in [1.54, 1.807) is 4.68 Å². The van der Waals surface area contributed by atoms with Crippen molar-refractivity contribution in [2.75, 3.05) is 11.1 Å². The fourth-order valence-electron chi connectivity index (χ4n) is 2.78. The Morgan fingerprint density at radius 2 is 1.73 bits per heavy atom. The number of hydrogen-bond donors (Lipinski definition) is 1. The van der Waals surface area contributed by atoms with Gasteiger partial charge in [0.2, 0.25) is 11.1 Å². The van der Waals surface area contributed by atoms with Crippen LogP contribution in [0.1, 0.15) is 0 Å². The monoisotopic (exact) mass is 438 g/mol. The van der Waals surface area contributed by atoms with Gasteiger partial charge in [-0.3, -0.25) is 4.79 Å². The van der Waals surface area contributed by atoms with Crippen molar-refractivity contribution in [2.24, 2.45) is 0 Å². The number of nitrogens with zero attached hydrogens (tertiary/aromatic N) is 3. The van der Waals surface area contributed by atoms with E-state index in [2.05, 4.69) is 15.4 Å². The number of carbonyl (C=O) groups is 1. The summed E-state index contributed by atoms with van der Waals surface area (Å²) < 4.78 is 15.6. The fourth-order valence-corrected chi connectivity index (χ4v) is 3.57. The smallest absolute Gasteiger partial charge is 0.234 e. The Bertz CT molecular complexity index is 1110. The number of anilines is 1. The number of para-hydroxylation sites is 1. The minimum atomic E-state index is -0.585. The number of amides is 1. The number of halogens is 2. The lowest BCUT2D eigenvalue weighted by molar-refractivity contribution is -0.113. The van der Waals surface area contributed by atoms with Crippen molar-refractivity contribution in [3.05, 3.63) is 89.7 Å². The molecule has 0 saturated heterocycles. The van der Waals surface area contributed by atoms with E-state index in [-0.39, 0.29) is 22.4 Å². The lowest BCUT2D eigenvalue weighted by Crippen LogP contribution is -2.15. The maximum absolute atomic E-state index is 13.9. The second-order valence-electron chi connectivity index (χ2n) is 6.29. The Hall–Kier alpha value is -3.16. The molecular weight excluding hydrogens is 423 g/mol. The Balaban J connectivity index is 1.53. The molecule has 150 valence electrons. The molecule has 0 atom stereocenters. The van der Waals surface area contributed by atoms with Gasteiger partial charge in [-0.25, -0.2) is 14.1 Å². The van der Waals surface area contributed by atoms with E-state index in [0.29, 0.717) is 11.0 Å². The Labute approximate surface area is 181 Å². The molecule has 0 saturated carbocycles. The van der Waals surface area contributed by atoms with Gasteiger partial charge in [0, 0.05) is 10.6 Å². The SMILES string of the molecule is O=C(CSc1nc(-c2ccccc2)n(-c2ccccc2)n1)Nc1ccc(Cl)cc1F. The number of hydrogen-bond acceptors (Lipinski definition) is 4. The summed E-state index contributed by atoms with van der Waals surface area (Å²) in [5, 5.41) is 7.81. The average Bonchev–Trinajstić information content (AvgIpc) is 3.20. The molecule has 0 aliphatic carbocycles. The molecule has 30 heavy (non-hydrogen) atoms. The van der Waals surface area contributed by atoms with E-state index in [9.17, 15) is 9.18 Å². The predicted octanol–water partition coefficient (Wildman–Crippen LogP) is 5.46. The lowest BCUT2D eigenvalue weighted by Gasteiger charge is -2.05. The lowest BCUT2D eigenvalue weighted by atomic mass is 10.2. The number of aromatic nitrogens is 3. The summed E-state index contributed by atoms with van der Waals surface area (Å²) in [7, 11) is 0. The molecule has 0 aliphatic rings. The summed E-state index contributed by atoms with van der Waals surface area (Å²) in [6.45, 7) is 0. The van der Waals surface area contributed by atoms with Crippen LogP contribution in [0.5, 0.6) is 0 Å². The highest BCUT2D eigenvalue weighted by molar-refractivity contribution is 7.99. The summed E-state index contributed by atoms with van der Waals surface area (Å²) >= 11 is 6.91. The molecule has 4 rings (SSSR count). The molecule has 0 bridgehead atoms. The summed E-state index contributed by atoms with van der Waals surface area (Å²) in [6.07, 6.45) is 0. The van der Waals surface area contributed by atoms with Gasteiger partial charge in [0.05, 0.1) is 17.1 Å². The largest absolute Gasteiger partial charge is 0.323 e. The molecule has 1 N–H and O–H groups in total. The van der Waals surface area contributed by atoms with Crippen molar-refractivity contribution in [1.29, 1.82) is 0 Å². The van der Waals surface area contributed by atoms with Crippen molar-refractivity contribution in [1.82, 2.24) is 14.8 Å². The first kappa shape index (κ1) is 20.1. The molecule has 1 aromatic heterocycles. The topological polar surface area (TPSA) is 59.8 Å². The van der Waals surface area contributed by atoms with Crippen molar-refractivity contribution in [3.63, 3.8) is 0 Å². The van der Waals surface area contributed by atoms with Crippen LogP contribution in [0.4, 0.5) is 10.1 Å². The number of thioether (sulfide) groups is 1. The van der Waals surface area contributed by atoms with Crippen LogP contribution in [0.2, 0.25) is 5.02 Å². The molecule has 0 fully saturated rings. The second kappa shape index (κ2) is 9.11. The third-order valence-corrected chi connectivity index (χ3v) is 5.23. The van der Waals surface area contributed by atoms with Crippen molar-refractivity contribution in [2.45, 2.75) is 5.16 Å². The summed E-state index contributed by atoms with van der Waals surface area (Å²) in [5.74, 6) is -0.236. The van der Waals surface area contributed by atoms with Crippen LogP contribution < -0.4 is 5.32 Å². The highest BCUT2D eigenvalue weighted by atomic mass is 35.5. The van der Waals surface area contributed by atoms with Gasteiger partial charge in [0.1, 0.15) is 5.82 Å². The average molecular weight is 439 g/mol. The first-order valence-corrected chi connectivity index (χ1v) is 10.4. The van der Waals surface area contributed by atoms with Gasteiger partial charge in [0.25, 0.3) is 0 Å². The fraction of sp³-hybridized carbons (Fsp3) is 0.0455. The van der Waals surface area contributed by atoms with Gasteiger partial charge in [0.15, 0.2) is 5.82 Å². The standard InChI is InChI=1S/C22H16ClFN4OS/c23-16-11-12-19(18(24)13-16)25-20(29)14-30-22-26-21(15-7-3-1-4-8-15)28(27-22)17-9-5-2-6-10-17/h1-13H,14H2,(H,25,29). The van der Waals surface area contributed by atoms with E-state index < -0.39 is 5.82 Å². The molecule has 0 radical (unpaired) electrons. The van der Waals surface area contributed by atoms with Crippen LogP contribution in [-0.2, 0) is 4.79 Å². The molecule has 5 nitrogen and oxygen atoms in total. The van der Waals surface area contributed by atoms with Crippen molar-refractivity contribution in [3.8, 4) is 17.1 Å². The minimum absolute atomic E-state index is 0.0368. The highest BCUT2D eigenvalue weighted by Gasteiger charge is 2.15. The predicted molar refractivity (Wildman–Crippen MR) is 118 cm³/mol. The first-order valence-electron chi connectivity index (χ1n) is 9.06. The van der Waals surface area contributed by atoms with Crippen LogP contribution in [0.15, 0.2) is 84.0 Å². The number of carbonyl (C=O) groups excluding carboxylic acids is 1. The highest BCUT2D eigenvalue weighted by Crippen LogP contribution is 2.25. The Kier molecular flexibility index (Phi) is 6.11. The maximum Gasteiger partial charge on any atom is 0.234 e. The minimum Gasteiger partial charge on any atom is -0.323 e. The zero-order chi connectivity index (χ0) is 20.9. The van der Waals surface area contributed by atoms with Crippen LogP contribution >= 0.6 is 23.4 Å². The normalized spacial score (nSPS) is 10.7. The summed E-state index contributed by atoms with van der Waals surface area (Å²) in [6, 6.07) is 23.4. The van der Waals surface area contributed by atoms with Crippen molar-refractivity contribution >= 4 is 35.0 Å². The third-order valence-electron chi connectivity index (χ3n) is 4.16. The Morgan fingerprint density at radius 3 is 2.43 bits per heavy atom. The Morgan fingerprint density at radius 1 is 1.03 bits per heavy atom. The molecule has 4 aromatic rings. The van der Waals surface area contributed by atoms with Crippen LogP contribution in [0.3, 0.4) is 0 Å². The van der Waals surface area contributed by atoms with E-state index in [4.69, 9.17) is 11.6 Å². The molecule has 0 spiro atoms. The van der Waals surface area contributed by atoms with E-state index in [1.165, 1.54) is 23.9 Å². The van der Waals surface area contributed by atoms with Gasteiger partial charge in [-0.15, -0.1) is 5.10 Å². The van der Waals surface area contributed by atoms with E-state index in [1.807, 2.05) is 60.7 Å². The van der Waals surface area contributed by atoms with Crippen LogP contribution in [0.25, 0.3) is 17.1 Å². The molecule has 8 heteroatoms. The van der Waals surface area contributed by atoms with E-state index in [0.717, 1.165) is 17.3 Å². The van der Waals surface area contributed by atoms with Crippen LogP contribution in [0, 0.1) is 5.82 Å². The number of nitrogens with one attached hydrogen (secondary N) is 1. The van der Waals surface area contributed by atoms with Gasteiger partial charge < -0.3 is 5.32 Å². The van der Waals surface area contributed by atoms with Gasteiger partial charge in [-0.05, 0) is 30.3 Å². The zero-order valence-corrected chi connectivity index (χ0v) is 17.2. The summed E-state index contributed by atoms with van der Waals surface area (Å²) in [4.78, 5) is 16.9.